The zero-order valence-electron chi connectivity index (χ0n) is 11.7. The summed E-state index contributed by atoms with van der Waals surface area (Å²) in [4.78, 5) is 7.11. The van der Waals surface area contributed by atoms with Crippen molar-refractivity contribution in [2.24, 2.45) is 0 Å². The van der Waals surface area contributed by atoms with Gasteiger partial charge in [-0.3, -0.25) is 4.90 Å². The summed E-state index contributed by atoms with van der Waals surface area (Å²) in [5, 5.41) is 3.25. The van der Waals surface area contributed by atoms with Gasteiger partial charge in [0.15, 0.2) is 0 Å². The number of rotatable bonds is 6. The fourth-order valence-corrected chi connectivity index (χ4v) is 2.72. The number of pyridine rings is 1. The highest BCUT2D eigenvalue weighted by Gasteiger charge is 2.25. The number of hydrogen-bond donors (Lipinski definition) is 1. The van der Waals surface area contributed by atoms with E-state index in [9.17, 15) is 0 Å². The molecule has 100 valence electrons. The Hall–Kier alpha value is -1.09. The van der Waals surface area contributed by atoms with E-state index in [4.69, 9.17) is 0 Å². The Morgan fingerprint density at radius 3 is 2.94 bits per heavy atom. The molecule has 0 aromatic carbocycles. The first-order valence-electron chi connectivity index (χ1n) is 7.29. The van der Waals surface area contributed by atoms with Crippen LogP contribution in [0.4, 0.5) is 5.82 Å². The van der Waals surface area contributed by atoms with Gasteiger partial charge in [-0.1, -0.05) is 19.4 Å². The Morgan fingerprint density at radius 1 is 1.39 bits per heavy atom. The van der Waals surface area contributed by atoms with E-state index in [1.807, 2.05) is 6.20 Å². The quantitative estimate of drug-likeness (QED) is 0.834. The largest absolute Gasteiger partial charge is 0.370 e. The van der Waals surface area contributed by atoms with Crippen LogP contribution in [0.2, 0.25) is 0 Å². The van der Waals surface area contributed by atoms with E-state index in [0.29, 0.717) is 6.04 Å². The van der Waals surface area contributed by atoms with Crippen LogP contribution in [0.5, 0.6) is 0 Å². The number of nitrogens with one attached hydrogen (secondary N) is 1. The molecule has 0 spiro atoms. The zero-order chi connectivity index (χ0) is 12.8. The van der Waals surface area contributed by atoms with E-state index in [1.165, 1.54) is 44.3 Å². The van der Waals surface area contributed by atoms with Crippen LogP contribution in [0.25, 0.3) is 0 Å². The van der Waals surface area contributed by atoms with Crippen LogP contribution < -0.4 is 5.32 Å². The van der Waals surface area contributed by atoms with Gasteiger partial charge in [-0.05, 0) is 50.9 Å². The van der Waals surface area contributed by atoms with E-state index in [-0.39, 0.29) is 0 Å². The van der Waals surface area contributed by atoms with Gasteiger partial charge in [0.25, 0.3) is 0 Å². The lowest BCUT2D eigenvalue weighted by atomic mass is 10.1. The molecule has 2 heterocycles. The molecule has 2 rings (SSSR count). The summed E-state index contributed by atoms with van der Waals surface area (Å²) in [5.41, 5.74) is 1.38. The van der Waals surface area contributed by atoms with E-state index in [2.05, 4.69) is 41.2 Å². The van der Waals surface area contributed by atoms with E-state index in [1.54, 1.807) is 0 Å². The SMILES string of the molecule is CCCCN1CCCC1c1ccc(NCC)nc1. The third-order valence-electron chi connectivity index (χ3n) is 3.69. The van der Waals surface area contributed by atoms with Crippen LogP contribution in [0.15, 0.2) is 18.3 Å². The van der Waals surface area contributed by atoms with Crippen molar-refractivity contribution in [2.75, 3.05) is 25.0 Å². The van der Waals surface area contributed by atoms with Gasteiger partial charge < -0.3 is 5.32 Å². The van der Waals surface area contributed by atoms with Crippen LogP contribution in [-0.2, 0) is 0 Å². The van der Waals surface area contributed by atoms with Gasteiger partial charge in [0.1, 0.15) is 5.82 Å². The highest BCUT2D eigenvalue weighted by molar-refractivity contribution is 5.36. The predicted molar refractivity (Wildman–Crippen MR) is 76.9 cm³/mol. The molecular weight excluding hydrogens is 222 g/mol. The van der Waals surface area contributed by atoms with Crippen molar-refractivity contribution < 1.29 is 0 Å². The average molecular weight is 247 g/mol. The van der Waals surface area contributed by atoms with Crippen LogP contribution in [0, 0.1) is 0 Å². The predicted octanol–water partition coefficient (Wildman–Crippen LogP) is 3.45. The third-order valence-corrected chi connectivity index (χ3v) is 3.69. The molecule has 0 bridgehead atoms. The first kappa shape index (κ1) is 13.3. The summed E-state index contributed by atoms with van der Waals surface area (Å²) in [6.45, 7) is 7.77. The molecule has 1 unspecified atom stereocenters. The van der Waals surface area contributed by atoms with Crippen LogP contribution >= 0.6 is 0 Å². The zero-order valence-corrected chi connectivity index (χ0v) is 11.7. The highest BCUT2D eigenvalue weighted by Crippen LogP contribution is 2.31. The third kappa shape index (κ3) is 3.22. The molecule has 0 saturated carbocycles. The Labute approximate surface area is 111 Å². The standard InChI is InChI=1S/C15H25N3/c1-3-5-10-18-11-6-7-14(18)13-8-9-15(16-4-2)17-12-13/h8-9,12,14H,3-7,10-11H2,1-2H3,(H,16,17). The molecule has 0 amide bonds. The number of likely N-dealkylation sites (tertiary alicyclic amines) is 1. The molecule has 1 fully saturated rings. The van der Waals surface area contributed by atoms with E-state index < -0.39 is 0 Å². The van der Waals surface area contributed by atoms with Crippen molar-refractivity contribution in [3.05, 3.63) is 23.9 Å². The van der Waals surface area contributed by atoms with Gasteiger partial charge in [-0.15, -0.1) is 0 Å². The maximum absolute atomic E-state index is 4.49. The Bertz CT molecular complexity index is 347. The molecule has 3 heteroatoms. The van der Waals surface area contributed by atoms with Crippen molar-refractivity contribution >= 4 is 5.82 Å². The maximum Gasteiger partial charge on any atom is 0.125 e. The minimum absolute atomic E-state index is 0.597. The summed E-state index contributed by atoms with van der Waals surface area (Å²) in [6, 6.07) is 4.94. The molecule has 1 saturated heterocycles. The lowest BCUT2D eigenvalue weighted by Gasteiger charge is -2.24. The summed E-state index contributed by atoms with van der Waals surface area (Å²) in [5.74, 6) is 0.986. The molecule has 1 aromatic heterocycles. The second kappa shape index (κ2) is 6.74. The molecule has 1 aromatic rings. The van der Waals surface area contributed by atoms with Gasteiger partial charge in [0, 0.05) is 18.8 Å². The molecular formula is C15H25N3. The Morgan fingerprint density at radius 2 is 2.28 bits per heavy atom. The van der Waals surface area contributed by atoms with Gasteiger partial charge >= 0.3 is 0 Å². The fourth-order valence-electron chi connectivity index (χ4n) is 2.72. The molecule has 1 aliphatic heterocycles. The summed E-state index contributed by atoms with van der Waals surface area (Å²) >= 11 is 0. The molecule has 1 atom stereocenters. The van der Waals surface area contributed by atoms with Crippen LogP contribution in [0.1, 0.15) is 51.1 Å². The number of unbranched alkanes of at least 4 members (excludes halogenated alkanes) is 1. The van der Waals surface area contributed by atoms with E-state index in [0.717, 1.165) is 12.4 Å². The van der Waals surface area contributed by atoms with Crippen molar-refractivity contribution in [1.29, 1.82) is 0 Å². The minimum Gasteiger partial charge on any atom is -0.370 e. The molecule has 1 aliphatic rings. The lowest BCUT2D eigenvalue weighted by molar-refractivity contribution is 0.253. The van der Waals surface area contributed by atoms with Gasteiger partial charge in [0.2, 0.25) is 0 Å². The smallest absolute Gasteiger partial charge is 0.125 e. The van der Waals surface area contributed by atoms with Crippen LogP contribution in [-0.4, -0.2) is 29.5 Å². The van der Waals surface area contributed by atoms with Crippen molar-refractivity contribution in [3.63, 3.8) is 0 Å². The minimum atomic E-state index is 0.597. The Kier molecular flexibility index (Phi) is 5.00. The topological polar surface area (TPSA) is 28.2 Å². The summed E-state index contributed by atoms with van der Waals surface area (Å²) in [6.07, 6.45) is 7.24. The highest BCUT2D eigenvalue weighted by atomic mass is 15.2. The van der Waals surface area contributed by atoms with Crippen molar-refractivity contribution in [1.82, 2.24) is 9.88 Å². The van der Waals surface area contributed by atoms with Crippen molar-refractivity contribution in [2.45, 2.75) is 45.6 Å². The van der Waals surface area contributed by atoms with E-state index >= 15 is 0 Å². The molecule has 18 heavy (non-hydrogen) atoms. The van der Waals surface area contributed by atoms with Gasteiger partial charge in [0.05, 0.1) is 0 Å². The number of hydrogen-bond acceptors (Lipinski definition) is 3. The number of nitrogens with zero attached hydrogens (tertiary/aromatic N) is 2. The number of anilines is 1. The Balaban J connectivity index is 2.00. The summed E-state index contributed by atoms with van der Waals surface area (Å²) in [7, 11) is 0. The monoisotopic (exact) mass is 247 g/mol. The van der Waals surface area contributed by atoms with Crippen LogP contribution in [0.3, 0.4) is 0 Å². The van der Waals surface area contributed by atoms with Gasteiger partial charge in [-0.2, -0.15) is 0 Å². The second-order valence-corrected chi connectivity index (χ2v) is 5.05. The lowest BCUT2D eigenvalue weighted by Crippen LogP contribution is -2.24. The second-order valence-electron chi connectivity index (χ2n) is 5.05. The molecule has 0 aliphatic carbocycles. The average Bonchev–Trinajstić information content (AvgIpc) is 2.86. The van der Waals surface area contributed by atoms with Gasteiger partial charge in [-0.25, -0.2) is 4.98 Å². The first-order valence-corrected chi connectivity index (χ1v) is 7.29. The number of aromatic nitrogens is 1. The molecule has 1 N–H and O–H groups in total. The maximum atomic E-state index is 4.49. The van der Waals surface area contributed by atoms with Crippen molar-refractivity contribution in [3.8, 4) is 0 Å². The fraction of sp³-hybridized carbons (Fsp3) is 0.667. The summed E-state index contributed by atoms with van der Waals surface area (Å²) < 4.78 is 0. The normalized spacial score (nSPS) is 20.2. The molecule has 0 radical (unpaired) electrons. The first-order chi connectivity index (χ1) is 8.85. The molecule has 3 nitrogen and oxygen atoms in total.